The molecule has 0 aliphatic rings. The van der Waals surface area contributed by atoms with E-state index in [4.69, 9.17) is 4.74 Å². The van der Waals surface area contributed by atoms with Crippen LogP contribution in [0.3, 0.4) is 0 Å². The number of pyridine rings is 1. The Morgan fingerprint density at radius 1 is 1.00 bits per heavy atom. The quantitative estimate of drug-likeness (QED) is 0.272. The molecule has 11 heteroatoms. The van der Waals surface area contributed by atoms with E-state index in [1.807, 2.05) is 18.2 Å². The number of aromatic nitrogens is 3. The van der Waals surface area contributed by atoms with Crippen molar-refractivity contribution < 1.29 is 22.5 Å². The number of ether oxygens (including phenoxy) is 1. The van der Waals surface area contributed by atoms with Gasteiger partial charge >= 0.3 is 0 Å². The molecule has 0 spiro atoms. The second kappa shape index (κ2) is 11.0. The number of fused-ring (bicyclic) bond motifs is 1. The molecule has 1 amide bonds. The van der Waals surface area contributed by atoms with Crippen LogP contribution in [0.25, 0.3) is 16.8 Å². The number of hydrogen-bond acceptors (Lipinski definition) is 6. The maximum Gasteiger partial charge on any atom is 0.247 e. The summed E-state index contributed by atoms with van der Waals surface area (Å²) in [4.78, 5) is 16.8. The number of carbonyl (C=O) groups is 1. The van der Waals surface area contributed by atoms with Gasteiger partial charge < -0.3 is 15.4 Å². The molecule has 8 nitrogen and oxygen atoms in total. The van der Waals surface area contributed by atoms with Crippen LogP contribution < -0.4 is 15.4 Å². The SMILES string of the molecule is COc1cc([S@@](C)=O)c(F)cc1Nc1nc2ccc(-c3ccc(NC(=O)Cc4ccc(F)cc4)cc3)cn2n1. The van der Waals surface area contributed by atoms with Gasteiger partial charge in [-0.2, -0.15) is 4.98 Å². The van der Waals surface area contributed by atoms with Crippen LogP contribution in [0.5, 0.6) is 5.75 Å². The fourth-order valence-electron chi connectivity index (χ4n) is 3.99. The van der Waals surface area contributed by atoms with Crippen LogP contribution >= 0.6 is 0 Å². The van der Waals surface area contributed by atoms with Gasteiger partial charge in [-0.3, -0.25) is 9.00 Å². The molecule has 5 aromatic rings. The van der Waals surface area contributed by atoms with E-state index in [1.165, 1.54) is 37.6 Å². The number of anilines is 3. The van der Waals surface area contributed by atoms with E-state index < -0.39 is 16.6 Å². The fraction of sp³-hybridized carbons (Fsp3) is 0.107. The number of halogens is 2. The number of amides is 1. The minimum absolute atomic E-state index is 0.0449. The predicted octanol–water partition coefficient (Wildman–Crippen LogP) is 5.35. The summed E-state index contributed by atoms with van der Waals surface area (Å²) in [6, 6.07) is 19.4. The molecule has 0 aliphatic heterocycles. The molecule has 0 saturated heterocycles. The Morgan fingerprint density at radius 2 is 1.72 bits per heavy atom. The molecule has 39 heavy (non-hydrogen) atoms. The van der Waals surface area contributed by atoms with Crippen molar-refractivity contribution in [1.82, 2.24) is 14.6 Å². The van der Waals surface area contributed by atoms with Gasteiger partial charge in [-0.05, 0) is 47.5 Å². The zero-order valence-corrected chi connectivity index (χ0v) is 21.8. The van der Waals surface area contributed by atoms with Crippen molar-refractivity contribution in [3.63, 3.8) is 0 Å². The molecule has 0 saturated carbocycles. The average Bonchev–Trinajstić information content (AvgIpc) is 3.32. The van der Waals surface area contributed by atoms with Crippen molar-refractivity contribution in [2.75, 3.05) is 24.0 Å². The molecule has 0 fully saturated rings. The smallest absolute Gasteiger partial charge is 0.247 e. The van der Waals surface area contributed by atoms with E-state index >= 15 is 0 Å². The molecular formula is C28H23F2N5O3S. The van der Waals surface area contributed by atoms with Crippen molar-refractivity contribution in [3.05, 3.63) is 96.2 Å². The predicted molar refractivity (Wildman–Crippen MR) is 146 cm³/mol. The summed E-state index contributed by atoms with van der Waals surface area (Å²) in [7, 11) is -0.0678. The van der Waals surface area contributed by atoms with Crippen molar-refractivity contribution in [3.8, 4) is 16.9 Å². The Kier molecular flexibility index (Phi) is 7.33. The highest BCUT2D eigenvalue weighted by Crippen LogP contribution is 2.31. The van der Waals surface area contributed by atoms with Crippen LogP contribution in [0, 0.1) is 11.6 Å². The second-order valence-corrected chi connectivity index (χ2v) is 9.99. The first kappa shape index (κ1) is 26.0. The third-order valence-corrected chi connectivity index (χ3v) is 6.85. The van der Waals surface area contributed by atoms with Crippen molar-refractivity contribution in [1.29, 1.82) is 0 Å². The minimum Gasteiger partial charge on any atom is -0.495 e. The Morgan fingerprint density at radius 3 is 2.41 bits per heavy atom. The standard InChI is InChI=1S/C28H23F2N5O3S/c1-38-24-15-25(39(2)37)22(30)14-23(24)32-28-33-26-12-7-19(16-35(26)34-28)18-5-10-21(11-6-18)31-27(36)13-17-3-8-20(29)9-4-17/h3-12,14-16H,13H2,1-2H3,(H,31,36)(H,32,34)/t39-/m1/s1. The summed E-state index contributed by atoms with van der Waals surface area (Å²) in [5, 5.41) is 10.2. The number of carbonyl (C=O) groups excluding carboxylic acids is 1. The van der Waals surface area contributed by atoms with Gasteiger partial charge in [-0.25, -0.2) is 13.3 Å². The van der Waals surface area contributed by atoms with E-state index in [0.29, 0.717) is 22.8 Å². The summed E-state index contributed by atoms with van der Waals surface area (Å²) in [6.45, 7) is 0. The monoisotopic (exact) mass is 547 g/mol. The summed E-state index contributed by atoms with van der Waals surface area (Å²) >= 11 is 0. The first-order valence-corrected chi connectivity index (χ1v) is 13.3. The van der Waals surface area contributed by atoms with Gasteiger partial charge in [-0.15, -0.1) is 5.10 Å². The lowest BCUT2D eigenvalue weighted by atomic mass is 10.1. The largest absolute Gasteiger partial charge is 0.495 e. The van der Waals surface area contributed by atoms with Crippen molar-refractivity contribution >= 4 is 39.7 Å². The van der Waals surface area contributed by atoms with Gasteiger partial charge in [0.2, 0.25) is 11.9 Å². The summed E-state index contributed by atoms with van der Waals surface area (Å²) < 4.78 is 46.1. The van der Waals surface area contributed by atoms with E-state index in [1.54, 1.807) is 41.0 Å². The highest BCUT2D eigenvalue weighted by molar-refractivity contribution is 7.84. The zero-order valence-electron chi connectivity index (χ0n) is 20.9. The third-order valence-electron chi connectivity index (χ3n) is 5.92. The van der Waals surface area contributed by atoms with Crippen LogP contribution in [0.2, 0.25) is 0 Å². The Balaban J connectivity index is 1.30. The molecule has 0 radical (unpaired) electrons. The van der Waals surface area contributed by atoms with Gasteiger partial charge in [0, 0.05) is 35.8 Å². The van der Waals surface area contributed by atoms with Crippen LogP contribution in [-0.2, 0) is 22.0 Å². The van der Waals surface area contributed by atoms with Gasteiger partial charge in [0.1, 0.15) is 17.4 Å². The maximum absolute atomic E-state index is 14.4. The van der Waals surface area contributed by atoms with Gasteiger partial charge in [0.25, 0.3) is 0 Å². The molecular weight excluding hydrogens is 524 g/mol. The van der Waals surface area contributed by atoms with Crippen LogP contribution in [0.15, 0.2) is 83.9 Å². The van der Waals surface area contributed by atoms with Crippen molar-refractivity contribution in [2.45, 2.75) is 11.3 Å². The minimum atomic E-state index is -1.50. The molecule has 198 valence electrons. The number of methoxy groups -OCH3 is 1. The second-order valence-electron chi connectivity index (χ2n) is 8.65. The van der Waals surface area contributed by atoms with Gasteiger partial charge in [-0.1, -0.05) is 24.3 Å². The van der Waals surface area contributed by atoms with E-state index in [0.717, 1.165) is 16.7 Å². The molecule has 1 atom stereocenters. The van der Waals surface area contributed by atoms with Crippen molar-refractivity contribution in [2.24, 2.45) is 0 Å². The number of nitrogens with zero attached hydrogens (tertiary/aromatic N) is 3. The average molecular weight is 548 g/mol. The summed E-state index contributed by atoms with van der Waals surface area (Å²) in [6.07, 6.45) is 3.34. The Labute approximate surface area is 225 Å². The number of rotatable bonds is 8. The van der Waals surface area contributed by atoms with Gasteiger partial charge in [0.05, 0.1) is 34.9 Å². The normalized spacial score (nSPS) is 11.8. The Hall–Kier alpha value is -4.64. The molecule has 3 aromatic carbocycles. The van der Waals surface area contributed by atoms with E-state index in [2.05, 4.69) is 20.7 Å². The van der Waals surface area contributed by atoms with E-state index in [-0.39, 0.29) is 29.0 Å². The van der Waals surface area contributed by atoms with Gasteiger partial charge in [0.15, 0.2) is 5.65 Å². The number of hydrogen-bond donors (Lipinski definition) is 2. The highest BCUT2D eigenvalue weighted by atomic mass is 32.2. The summed E-state index contributed by atoms with van der Waals surface area (Å²) in [5.74, 6) is -0.628. The van der Waals surface area contributed by atoms with E-state index in [9.17, 15) is 17.8 Å². The summed E-state index contributed by atoms with van der Waals surface area (Å²) in [5.41, 5.74) is 3.98. The van der Waals surface area contributed by atoms with Crippen LogP contribution in [0.1, 0.15) is 5.56 Å². The molecule has 0 bridgehead atoms. The fourth-order valence-corrected chi connectivity index (χ4v) is 4.59. The molecule has 2 aromatic heterocycles. The highest BCUT2D eigenvalue weighted by Gasteiger charge is 2.15. The molecule has 2 heterocycles. The lowest BCUT2D eigenvalue weighted by Crippen LogP contribution is -2.14. The zero-order chi connectivity index (χ0) is 27.5. The molecule has 0 unspecified atom stereocenters. The molecule has 0 aliphatic carbocycles. The lowest BCUT2D eigenvalue weighted by molar-refractivity contribution is -0.115. The number of nitrogens with one attached hydrogen (secondary N) is 2. The molecule has 2 N–H and O–H groups in total. The molecule has 5 rings (SSSR count). The topological polar surface area (TPSA) is 97.6 Å². The first-order valence-electron chi connectivity index (χ1n) is 11.8. The number of benzene rings is 3. The van der Waals surface area contributed by atoms with Crippen LogP contribution in [-0.4, -0.2) is 38.1 Å². The third kappa shape index (κ3) is 5.93. The lowest BCUT2D eigenvalue weighted by Gasteiger charge is -2.10. The maximum atomic E-state index is 14.4. The Bertz CT molecular complexity index is 1690. The van der Waals surface area contributed by atoms with Crippen LogP contribution in [0.4, 0.5) is 26.1 Å². The first-order chi connectivity index (χ1) is 18.8.